The zero-order valence-corrected chi connectivity index (χ0v) is 19.5. The molecule has 0 unspecified atom stereocenters. The Labute approximate surface area is 182 Å². The number of nitrogens with one attached hydrogen (secondary N) is 1. The van der Waals surface area contributed by atoms with Gasteiger partial charge >= 0.3 is 0 Å². The van der Waals surface area contributed by atoms with Crippen molar-refractivity contribution in [2.45, 2.75) is 65.1 Å². The number of hydrogen-bond donors (Lipinski definition) is 1. The Hall–Kier alpha value is -0.990. The van der Waals surface area contributed by atoms with E-state index in [0.29, 0.717) is 12.5 Å². The van der Waals surface area contributed by atoms with E-state index in [9.17, 15) is 0 Å². The molecule has 0 amide bonds. The first-order valence-corrected chi connectivity index (χ1v) is 11.8. The molecule has 0 radical (unpaired) electrons. The van der Waals surface area contributed by atoms with Crippen molar-refractivity contribution in [1.29, 1.82) is 0 Å². The van der Waals surface area contributed by atoms with E-state index < -0.39 is 0 Å². The zero-order valence-electron chi connectivity index (χ0n) is 19.5. The van der Waals surface area contributed by atoms with Gasteiger partial charge in [0.15, 0.2) is 0 Å². The summed E-state index contributed by atoms with van der Waals surface area (Å²) >= 11 is 0. The van der Waals surface area contributed by atoms with Gasteiger partial charge in [-0.1, -0.05) is 0 Å². The molecule has 1 N–H and O–H groups in total. The quantitative estimate of drug-likeness (QED) is 0.559. The molecule has 0 atom stereocenters. The molecule has 1 aromatic heterocycles. The number of fused-ring (bicyclic) bond motifs is 1. The van der Waals surface area contributed by atoms with Crippen molar-refractivity contribution in [2.24, 2.45) is 5.41 Å². The summed E-state index contributed by atoms with van der Waals surface area (Å²) in [5.41, 5.74) is 4.19. The first-order chi connectivity index (χ1) is 14.6. The predicted octanol–water partition coefficient (Wildman–Crippen LogP) is 2.78. The van der Waals surface area contributed by atoms with Gasteiger partial charge in [-0.3, -0.25) is 9.58 Å². The third-order valence-corrected chi connectivity index (χ3v) is 6.70. The van der Waals surface area contributed by atoms with E-state index in [1.54, 1.807) is 0 Å². The average Bonchev–Trinajstić information content (AvgIpc) is 3.13. The van der Waals surface area contributed by atoms with Crippen LogP contribution in [0.15, 0.2) is 0 Å². The van der Waals surface area contributed by atoms with Crippen molar-refractivity contribution in [1.82, 2.24) is 20.0 Å². The van der Waals surface area contributed by atoms with Gasteiger partial charge in [-0.2, -0.15) is 5.10 Å². The molecule has 1 aliphatic carbocycles. The fourth-order valence-corrected chi connectivity index (χ4v) is 4.93. The third kappa shape index (κ3) is 5.82. The monoisotopic (exact) mass is 422 g/mol. The van der Waals surface area contributed by atoms with Gasteiger partial charge in [0, 0.05) is 43.8 Å². The molecule has 0 bridgehead atoms. The molecule has 7 nitrogen and oxygen atoms in total. The molecule has 0 aromatic carbocycles. The minimum atomic E-state index is 0.163. The summed E-state index contributed by atoms with van der Waals surface area (Å²) < 4.78 is 19.8. The predicted molar refractivity (Wildman–Crippen MR) is 119 cm³/mol. The number of ether oxygens (including phenoxy) is 3. The van der Waals surface area contributed by atoms with Gasteiger partial charge in [0.05, 0.1) is 44.4 Å². The summed E-state index contributed by atoms with van der Waals surface area (Å²) in [4.78, 5) is 2.37. The highest BCUT2D eigenvalue weighted by Crippen LogP contribution is 2.45. The van der Waals surface area contributed by atoms with Crippen LogP contribution in [0.4, 0.5) is 0 Å². The molecule has 2 aliphatic rings. The summed E-state index contributed by atoms with van der Waals surface area (Å²) in [5, 5.41) is 8.28. The first-order valence-electron chi connectivity index (χ1n) is 11.8. The Balaban J connectivity index is 1.75. The van der Waals surface area contributed by atoms with Gasteiger partial charge in [0.2, 0.25) is 0 Å². The van der Waals surface area contributed by atoms with Crippen molar-refractivity contribution in [3.05, 3.63) is 17.0 Å². The molecule has 30 heavy (non-hydrogen) atoms. The van der Waals surface area contributed by atoms with Crippen LogP contribution < -0.4 is 5.32 Å². The topological polar surface area (TPSA) is 60.8 Å². The van der Waals surface area contributed by atoms with Gasteiger partial charge in [-0.15, -0.1) is 0 Å². The molecule has 172 valence electrons. The summed E-state index contributed by atoms with van der Waals surface area (Å²) in [6.45, 7) is 12.6. The largest absolute Gasteiger partial charge is 0.381 e. The highest BCUT2D eigenvalue weighted by Gasteiger charge is 2.38. The van der Waals surface area contributed by atoms with Crippen LogP contribution >= 0.6 is 0 Å². The molecular formula is C23H42N4O3. The van der Waals surface area contributed by atoms with Gasteiger partial charge in [0.1, 0.15) is 0 Å². The Bertz CT molecular complexity index is 631. The molecule has 3 rings (SSSR count). The summed E-state index contributed by atoms with van der Waals surface area (Å²) in [7, 11) is 4.19. The molecule has 0 saturated heterocycles. The van der Waals surface area contributed by atoms with Crippen LogP contribution in [-0.4, -0.2) is 74.9 Å². The van der Waals surface area contributed by atoms with Gasteiger partial charge in [-0.25, -0.2) is 0 Å². The van der Waals surface area contributed by atoms with E-state index in [-0.39, 0.29) is 5.41 Å². The van der Waals surface area contributed by atoms with Gasteiger partial charge < -0.3 is 19.5 Å². The van der Waals surface area contributed by atoms with Crippen molar-refractivity contribution in [3.63, 3.8) is 0 Å². The standard InChI is InChI=1S/C23H42N4O3/c1-5-28-17-23(18-29-6-2)9-7-19(8-10-23)22-20(15-26(4)12-11-24-3)25-27-13-14-30-16-21(22)27/h19,24H,5-18H2,1-4H3. The molecule has 7 heteroatoms. The van der Waals surface area contributed by atoms with Crippen molar-refractivity contribution in [3.8, 4) is 0 Å². The second-order valence-electron chi connectivity index (χ2n) is 8.97. The Morgan fingerprint density at radius 2 is 1.90 bits per heavy atom. The SMILES string of the molecule is CCOCC1(COCC)CCC(c2c(CN(C)CCNC)nn3c2COCC3)CC1. The second kappa shape index (κ2) is 11.6. The number of likely N-dealkylation sites (N-methyl/N-ethyl adjacent to an activating group) is 2. The van der Waals surface area contributed by atoms with Crippen molar-refractivity contribution < 1.29 is 14.2 Å². The number of nitrogens with zero attached hydrogens (tertiary/aromatic N) is 3. The lowest BCUT2D eigenvalue weighted by molar-refractivity contribution is -0.0397. The van der Waals surface area contributed by atoms with Crippen LogP contribution in [0.5, 0.6) is 0 Å². The third-order valence-electron chi connectivity index (χ3n) is 6.70. The number of aromatic nitrogens is 2. The van der Waals surface area contributed by atoms with Gasteiger partial charge in [0.25, 0.3) is 0 Å². The fourth-order valence-electron chi connectivity index (χ4n) is 4.93. The highest BCUT2D eigenvalue weighted by atomic mass is 16.5. The lowest BCUT2D eigenvalue weighted by Crippen LogP contribution is -2.36. The average molecular weight is 423 g/mol. The van der Waals surface area contributed by atoms with Crippen LogP contribution in [0.2, 0.25) is 0 Å². The van der Waals surface area contributed by atoms with Crippen LogP contribution in [0.25, 0.3) is 0 Å². The molecule has 1 saturated carbocycles. The molecule has 0 spiro atoms. The summed E-state index contributed by atoms with van der Waals surface area (Å²) in [6.07, 6.45) is 4.65. The van der Waals surface area contributed by atoms with E-state index in [0.717, 1.165) is 72.1 Å². The second-order valence-corrected chi connectivity index (χ2v) is 8.97. The molecule has 1 fully saturated rings. The Kier molecular flexibility index (Phi) is 9.13. The molecule has 1 aromatic rings. The Morgan fingerprint density at radius 3 is 2.53 bits per heavy atom. The van der Waals surface area contributed by atoms with E-state index in [2.05, 4.69) is 35.8 Å². The molecular weight excluding hydrogens is 380 g/mol. The van der Waals surface area contributed by atoms with E-state index >= 15 is 0 Å². The summed E-state index contributed by atoms with van der Waals surface area (Å²) in [5.74, 6) is 0.555. The maximum atomic E-state index is 5.87. The maximum absolute atomic E-state index is 5.87. The smallest absolute Gasteiger partial charge is 0.0888 e. The lowest BCUT2D eigenvalue weighted by atomic mass is 9.69. The molecule has 2 heterocycles. The lowest BCUT2D eigenvalue weighted by Gasteiger charge is -2.40. The van der Waals surface area contributed by atoms with Crippen LogP contribution in [-0.2, 0) is 33.9 Å². The minimum Gasteiger partial charge on any atom is -0.381 e. The van der Waals surface area contributed by atoms with Gasteiger partial charge in [-0.05, 0) is 59.5 Å². The van der Waals surface area contributed by atoms with E-state index in [4.69, 9.17) is 19.3 Å². The minimum absolute atomic E-state index is 0.163. The van der Waals surface area contributed by atoms with Crippen LogP contribution in [0.1, 0.15) is 62.4 Å². The molecule has 1 aliphatic heterocycles. The van der Waals surface area contributed by atoms with Crippen molar-refractivity contribution in [2.75, 3.05) is 60.2 Å². The van der Waals surface area contributed by atoms with Crippen molar-refractivity contribution >= 4 is 0 Å². The normalized spacial score (nSPS) is 19.4. The Morgan fingerprint density at radius 1 is 1.20 bits per heavy atom. The first kappa shape index (κ1) is 23.7. The summed E-state index contributed by atoms with van der Waals surface area (Å²) in [6, 6.07) is 0. The van der Waals surface area contributed by atoms with E-state index in [1.165, 1.54) is 29.8 Å². The van der Waals surface area contributed by atoms with E-state index in [1.807, 2.05) is 7.05 Å². The zero-order chi connectivity index (χ0) is 21.4. The number of rotatable bonds is 12. The fraction of sp³-hybridized carbons (Fsp3) is 0.870. The van der Waals surface area contributed by atoms with Crippen LogP contribution in [0, 0.1) is 5.41 Å². The van der Waals surface area contributed by atoms with Crippen LogP contribution in [0.3, 0.4) is 0 Å². The highest BCUT2D eigenvalue weighted by molar-refractivity contribution is 5.31. The number of hydrogen-bond acceptors (Lipinski definition) is 6. The maximum Gasteiger partial charge on any atom is 0.0888 e.